The van der Waals surface area contributed by atoms with Crippen molar-refractivity contribution in [2.75, 3.05) is 0 Å². The standard InChI is InChI=1S/C11H12N2OS/c1-8-10(5-6-14-8)15-11-4-2-3-9(7-12)13-11/h2-6H,7,12H2,1H3. The highest BCUT2D eigenvalue weighted by Crippen LogP contribution is 2.29. The molecule has 2 heterocycles. The number of nitrogens with two attached hydrogens (primary N) is 1. The molecule has 0 fully saturated rings. The van der Waals surface area contributed by atoms with Gasteiger partial charge in [-0.2, -0.15) is 0 Å². The van der Waals surface area contributed by atoms with Crippen molar-refractivity contribution in [1.82, 2.24) is 4.98 Å². The maximum Gasteiger partial charge on any atom is 0.114 e. The second-order valence-electron chi connectivity index (χ2n) is 3.11. The topological polar surface area (TPSA) is 52.0 Å². The highest BCUT2D eigenvalue weighted by molar-refractivity contribution is 7.99. The van der Waals surface area contributed by atoms with E-state index in [0.717, 1.165) is 21.4 Å². The van der Waals surface area contributed by atoms with Crippen LogP contribution in [0, 0.1) is 6.92 Å². The van der Waals surface area contributed by atoms with E-state index in [0.29, 0.717) is 6.54 Å². The fourth-order valence-electron chi connectivity index (χ4n) is 1.22. The molecule has 0 aliphatic carbocycles. The Morgan fingerprint density at radius 3 is 2.93 bits per heavy atom. The lowest BCUT2D eigenvalue weighted by Gasteiger charge is -2.01. The lowest BCUT2D eigenvalue weighted by Crippen LogP contribution is -1.99. The second kappa shape index (κ2) is 4.51. The fourth-order valence-corrected chi connectivity index (χ4v) is 2.07. The van der Waals surface area contributed by atoms with Gasteiger partial charge in [-0.05, 0) is 25.1 Å². The molecule has 2 rings (SSSR count). The molecule has 0 radical (unpaired) electrons. The molecule has 0 saturated heterocycles. The Balaban J connectivity index is 2.21. The minimum atomic E-state index is 0.471. The lowest BCUT2D eigenvalue weighted by atomic mass is 10.4. The van der Waals surface area contributed by atoms with Gasteiger partial charge in [0.15, 0.2) is 0 Å². The van der Waals surface area contributed by atoms with Gasteiger partial charge in [0.2, 0.25) is 0 Å². The van der Waals surface area contributed by atoms with Crippen molar-refractivity contribution in [2.24, 2.45) is 5.73 Å². The largest absolute Gasteiger partial charge is 0.468 e. The van der Waals surface area contributed by atoms with E-state index in [-0.39, 0.29) is 0 Å². The van der Waals surface area contributed by atoms with Gasteiger partial charge >= 0.3 is 0 Å². The summed E-state index contributed by atoms with van der Waals surface area (Å²) in [6.45, 7) is 2.41. The summed E-state index contributed by atoms with van der Waals surface area (Å²) in [6.07, 6.45) is 1.68. The second-order valence-corrected chi connectivity index (χ2v) is 4.18. The van der Waals surface area contributed by atoms with Crippen molar-refractivity contribution in [3.05, 3.63) is 42.0 Å². The monoisotopic (exact) mass is 220 g/mol. The van der Waals surface area contributed by atoms with Crippen LogP contribution in [-0.4, -0.2) is 4.98 Å². The number of hydrogen-bond acceptors (Lipinski definition) is 4. The Kier molecular flexibility index (Phi) is 3.08. The van der Waals surface area contributed by atoms with E-state index in [1.807, 2.05) is 31.2 Å². The van der Waals surface area contributed by atoms with Gasteiger partial charge in [0.25, 0.3) is 0 Å². The minimum absolute atomic E-state index is 0.471. The minimum Gasteiger partial charge on any atom is -0.468 e. The molecule has 0 atom stereocenters. The van der Waals surface area contributed by atoms with E-state index < -0.39 is 0 Å². The number of pyridine rings is 1. The van der Waals surface area contributed by atoms with Crippen LogP contribution in [0.15, 0.2) is 44.9 Å². The van der Waals surface area contributed by atoms with Gasteiger partial charge in [-0.3, -0.25) is 0 Å². The van der Waals surface area contributed by atoms with Crippen molar-refractivity contribution in [3.8, 4) is 0 Å². The third kappa shape index (κ3) is 2.40. The van der Waals surface area contributed by atoms with E-state index in [1.54, 1.807) is 18.0 Å². The van der Waals surface area contributed by atoms with E-state index in [9.17, 15) is 0 Å². The van der Waals surface area contributed by atoms with Crippen LogP contribution in [0.25, 0.3) is 0 Å². The predicted octanol–water partition coefficient (Wildman–Crippen LogP) is 2.59. The maximum atomic E-state index is 5.53. The molecule has 0 saturated carbocycles. The zero-order valence-electron chi connectivity index (χ0n) is 8.43. The molecule has 0 bridgehead atoms. The molecule has 0 amide bonds. The third-order valence-electron chi connectivity index (χ3n) is 2.02. The number of aromatic nitrogens is 1. The highest BCUT2D eigenvalue weighted by Gasteiger charge is 2.04. The third-order valence-corrected chi connectivity index (χ3v) is 3.10. The maximum absolute atomic E-state index is 5.53. The molecule has 2 aromatic rings. The van der Waals surface area contributed by atoms with Crippen LogP contribution in [0.5, 0.6) is 0 Å². The molecular formula is C11H12N2OS. The SMILES string of the molecule is Cc1occc1Sc1cccc(CN)n1. The van der Waals surface area contributed by atoms with Gasteiger partial charge in [0.1, 0.15) is 10.8 Å². The van der Waals surface area contributed by atoms with Gasteiger partial charge in [-0.1, -0.05) is 17.8 Å². The molecule has 0 unspecified atom stereocenters. The van der Waals surface area contributed by atoms with Crippen LogP contribution in [0.4, 0.5) is 0 Å². The first-order chi connectivity index (χ1) is 7.29. The molecule has 2 N–H and O–H groups in total. The summed E-state index contributed by atoms with van der Waals surface area (Å²) in [5, 5.41) is 0.947. The van der Waals surface area contributed by atoms with Crippen molar-refractivity contribution >= 4 is 11.8 Å². The fraction of sp³-hybridized carbons (Fsp3) is 0.182. The Morgan fingerprint density at radius 2 is 2.27 bits per heavy atom. The summed E-state index contributed by atoms with van der Waals surface area (Å²) in [6, 6.07) is 7.80. The predicted molar refractivity (Wildman–Crippen MR) is 59.7 cm³/mol. The first-order valence-corrected chi connectivity index (χ1v) is 5.49. The van der Waals surface area contributed by atoms with E-state index in [4.69, 9.17) is 10.2 Å². The number of hydrogen-bond donors (Lipinski definition) is 1. The average molecular weight is 220 g/mol. The van der Waals surface area contributed by atoms with Crippen LogP contribution in [0.2, 0.25) is 0 Å². The van der Waals surface area contributed by atoms with Gasteiger partial charge in [0.05, 0.1) is 16.9 Å². The summed E-state index contributed by atoms with van der Waals surface area (Å²) in [5.41, 5.74) is 6.44. The van der Waals surface area contributed by atoms with Crippen LogP contribution < -0.4 is 5.73 Å². The van der Waals surface area contributed by atoms with Crippen LogP contribution in [0.1, 0.15) is 11.5 Å². The molecule has 0 spiro atoms. The van der Waals surface area contributed by atoms with Crippen LogP contribution in [-0.2, 0) is 6.54 Å². The Hall–Kier alpha value is -1.26. The number of rotatable bonds is 3. The van der Waals surface area contributed by atoms with Crippen molar-refractivity contribution in [2.45, 2.75) is 23.4 Å². The Labute approximate surface area is 92.7 Å². The summed E-state index contributed by atoms with van der Waals surface area (Å²) in [5.74, 6) is 0.917. The zero-order chi connectivity index (χ0) is 10.7. The number of aryl methyl sites for hydroxylation is 1. The first kappa shape index (κ1) is 10.3. The lowest BCUT2D eigenvalue weighted by molar-refractivity contribution is 0.527. The smallest absolute Gasteiger partial charge is 0.114 e. The first-order valence-electron chi connectivity index (χ1n) is 4.67. The van der Waals surface area contributed by atoms with Gasteiger partial charge in [-0.15, -0.1) is 0 Å². The zero-order valence-corrected chi connectivity index (χ0v) is 9.25. The molecule has 15 heavy (non-hydrogen) atoms. The van der Waals surface area contributed by atoms with E-state index in [2.05, 4.69) is 4.98 Å². The van der Waals surface area contributed by atoms with Crippen molar-refractivity contribution < 1.29 is 4.42 Å². The number of furan rings is 1. The summed E-state index contributed by atoms with van der Waals surface area (Å²) in [4.78, 5) is 5.50. The van der Waals surface area contributed by atoms with Crippen molar-refractivity contribution in [3.63, 3.8) is 0 Å². The Bertz CT molecular complexity index is 453. The molecular weight excluding hydrogens is 208 g/mol. The summed E-state index contributed by atoms with van der Waals surface area (Å²) >= 11 is 1.59. The van der Waals surface area contributed by atoms with E-state index >= 15 is 0 Å². The van der Waals surface area contributed by atoms with Gasteiger partial charge in [-0.25, -0.2) is 4.98 Å². The summed E-state index contributed by atoms with van der Waals surface area (Å²) < 4.78 is 5.22. The molecule has 3 nitrogen and oxygen atoms in total. The summed E-state index contributed by atoms with van der Waals surface area (Å²) in [7, 11) is 0. The van der Waals surface area contributed by atoms with Gasteiger partial charge < -0.3 is 10.2 Å². The normalized spacial score (nSPS) is 10.5. The Morgan fingerprint density at radius 1 is 1.40 bits per heavy atom. The molecule has 2 aromatic heterocycles. The average Bonchev–Trinajstić information content (AvgIpc) is 2.65. The molecule has 4 heteroatoms. The van der Waals surface area contributed by atoms with Gasteiger partial charge in [0, 0.05) is 6.54 Å². The number of nitrogens with zero attached hydrogens (tertiary/aromatic N) is 1. The highest BCUT2D eigenvalue weighted by atomic mass is 32.2. The van der Waals surface area contributed by atoms with Crippen molar-refractivity contribution in [1.29, 1.82) is 0 Å². The molecule has 0 aliphatic rings. The van der Waals surface area contributed by atoms with Crippen LogP contribution >= 0.6 is 11.8 Å². The van der Waals surface area contributed by atoms with Crippen LogP contribution in [0.3, 0.4) is 0 Å². The molecule has 0 aromatic carbocycles. The molecule has 0 aliphatic heterocycles. The quantitative estimate of drug-likeness (QED) is 0.863. The molecule has 78 valence electrons. The van der Waals surface area contributed by atoms with E-state index in [1.165, 1.54) is 0 Å².